The summed E-state index contributed by atoms with van der Waals surface area (Å²) in [7, 11) is -0.328. The van der Waals surface area contributed by atoms with Crippen molar-refractivity contribution < 1.29 is 14.3 Å². The second-order valence-electron chi connectivity index (χ2n) is 11.0. The van der Waals surface area contributed by atoms with Crippen LogP contribution >= 0.6 is 0 Å². The quantitative estimate of drug-likeness (QED) is 0.281. The average molecular weight is 527 g/mol. The van der Waals surface area contributed by atoms with Gasteiger partial charge in [-0.2, -0.15) is 0 Å². The molecule has 0 aromatic heterocycles. The summed E-state index contributed by atoms with van der Waals surface area (Å²) >= 11 is 0. The van der Waals surface area contributed by atoms with E-state index in [9.17, 15) is 9.59 Å². The maximum Gasteiger partial charge on any atom is 0.325 e. The Hall–Kier alpha value is -3.48. The lowest BCUT2D eigenvalue weighted by Crippen LogP contribution is -2.48. The molecule has 1 fully saturated rings. The van der Waals surface area contributed by atoms with Crippen LogP contribution in [0.5, 0.6) is 0 Å². The topological polar surface area (TPSA) is 49.9 Å². The van der Waals surface area contributed by atoms with Crippen molar-refractivity contribution in [3.8, 4) is 0 Å². The maximum atomic E-state index is 14.4. The van der Waals surface area contributed by atoms with Gasteiger partial charge in [0.1, 0.15) is 6.54 Å². The summed E-state index contributed by atoms with van der Waals surface area (Å²) in [6.45, 7) is 7.87. The van der Waals surface area contributed by atoms with E-state index in [1.54, 1.807) is 4.90 Å². The molecule has 198 valence electrons. The number of hydrogen-bond donors (Lipinski definition) is 0. The van der Waals surface area contributed by atoms with Crippen LogP contribution < -0.4 is 0 Å². The Labute approximate surface area is 227 Å². The van der Waals surface area contributed by atoms with Crippen molar-refractivity contribution in [3.05, 3.63) is 119 Å². The number of nitrogens with zero attached hydrogens (tertiary/aromatic N) is 2. The highest BCUT2D eigenvalue weighted by Gasteiger charge is 2.41. The molecule has 0 radical (unpaired) electrons. The molecule has 1 saturated heterocycles. The van der Waals surface area contributed by atoms with Crippen LogP contribution in [0.1, 0.15) is 22.7 Å². The summed E-state index contributed by atoms with van der Waals surface area (Å²) < 4.78 is 5.01. The third-order valence-corrected chi connectivity index (χ3v) is 8.05. The zero-order chi connectivity index (χ0) is 27.1. The van der Waals surface area contributed by atoms with Gasteiger partial charge in [-0.1, -0.05) is 116 Å². The summed E-state index contributed by atoms with van der Waals surface area (Å²) in [5, 5.41) is 0. The lowest BCUT2D eigenvalue weighted by atomic mass is 9.94. The van der Waals surface area contributed by atoms with Gasteiger partial charge in [0, 0.05) is 13.1 Å². The zero-order valence-electron chi connectivity index (χ0n) is 22.8. The van der Waals surface area contributed by atoms with Gasteiger partial charge in [-0.05, 0) is 28.7 Å². The molecule has 6 heteroatoms. The van der Waals surface area contributed by atoms with Gasteiger partial charge in [-0.15, -0.1) is 0 Å². The molecule has 0 bridgehead atoms. The van der Waals surface area contributed by atoms with Crippen LogP contribution in [0.4, 0.5) is 0 Å². The van der Waals surface area contributed by atoms with Gasteiger partial charge in [-0.3, -0.25) is 14.5 Å². The number of esters is 1. The van der Waals surface area contributed by atoms with Crippen LogP contribution in [-0.4, -0.2) is 56.0 Å². The highest BCUT2D eigenvalue weighted by molar-refractivity contribution is 6.81. The van der Waals surface area contributed by atoms with E-state index in [4.69, 9.17) is 4.74 Å². The van der Waals surface area contributed by atoms with Crippen molar-refractivity contribution in [1.29, 1.82) is 0 Å². The van der Waals surface area contributed by atoms with E-state index in [1.807, 2.05) is 42.5 Å². The summed E-state index contributed by atoms with van der Waals surface area (Å²) in [5.41, 5.74) is 6.96. The summed E-state index contributed by atoms with van der Waals surface area (Å²) in [6.07, 6.45) is 0.549. The van der Waals surface area contributed by atoms with Crippen molar-refractivity contribution in [1.82, 2.24) is 9.80 Å². The maximum absolute atomic E-state index is 14.4. The number of carbonyl (C=O) groups is 2. The number of amides is 1. The van der Waals surface area contributed by atoms with E-state index in [0.29, 0.717) is 19.5 Å². The lowest BCUT2D eigenvalue weighted by molar-refractivity contribution is -0.148. The Balaban J connectivity index is 1.92. The van der Waals surface area contributed by atoms with Crippen LogP contribution in [-0.2, 0) is 27.3 Å². The number of methoxy groups -OCH3 is 1. The third kappa shape index (κ3) is 7.09. The van der Waals surface area contributed by atoms with Crippen molar-refractivity contribution in [2.45, 2.75) is 44.7 Å². The minimum absolute atomic E-state index is 0.0462. The van der Waals surface area contributed by atoms with Crippen LogP contribution in [0.2, 0.25) is 19.6 Å². The first-order valence-electron chi connectivity index (χ1n) is 13.2. The Morgan fingerprint density at radius 3 is 2.00 bits per heavy atom. The summed E-state index contributed by atoms with van der Waals surface area (Å²) in [6, 6.07) is 30.4. The molecule has 0 N–H and O–H groups in total. The normalized spacial score (nSPS) is 19.8. The van der Waals surface area contributed by atoms with Crippen LogP contribution in [0.3, 0.4) is 0 Å². The van der Waals surface area contributed by atoms with Crippen molar-refractivity contribution in [2.24, 2.45) is 0 Å². The number of rotatable bonds is 8. The Morgan fingerprint density at radius 1 is 0.895 bits per heavy atom. The molecule has 5 nitrogen and oxygen atoms in total. The molecule has 4 rings (SSSR count). The standard InChI is InChI=1S/C32H38N2O3Si/c1-37-30(35)23-33-22-28(24-38(2,3)4)31(27-18-12-7-13-19-27)34(21-26-16-10-6-11-17-26)29(32(33)36)20-25-14-8-5-9-15-25/h5-19,24,29,31H,20-23H2,1-4H3/b28-24+/t29-,31?/m0/s1. The first-order chi connectivity index (χ1) is 18.2. The molecular weight excluding hydrogens is 488 g/mol. The molecule has 1 heterocycles. The van der Waals surface area contributed by atoms with Crippen LogP contribution in [0.25, 0.3) is 0 Å². The first-order valence-corrected chi connectivity index (χ1v) is 16.8. The third-order valence-electron chi connectivity index (χ3n) is 6.81. The van der Waals surface area contributed by atoms with E-state index in [0.717, 1.165) is 16.7 Å². The molecule has 1 aliphatic rings. The molecule has 2 atom stereocenters. The average Bonchev–Trinajstić information content (AvgIpc) is 3.00. The van der Waals surface area contributed by atoms with Crippen molar-refractivity contribution in [2.75, 3.05) is 20.2 Å². The molecule has 38 heavy (non-hydrogen) atoms. The molecule has 3 aromatic rings. The van der Waals surface area contributed by atoms with Gasteiger partial charge in [0.05, 0.1) is 27.3 Å². The Morgan fingerprint density at radius 2 is 1.45 bits per heavy atom. The Kier molecular flexibility index (Phi) is 8.97. The second-order valence-corrected chi connectivity index (χ2v) is 16.1. The van der Waals surface area contributed by atoms with Crippen molar-refractivity contribution >= 4 is 20.0 Å². The predicted octanol–water partition coefficient (Wildman–Crippen LogP) is 5.66. The SMILES string of the molecule is COC(=O)CN1C/C(=C\[Si](C)(C)C)C(c2ccccc2)N(Cc2ccccc2)[C@@H](Cc2ccccc2)C1=O. The molecule has 0 saturated carbocycles. The largest absolute Gasteiger partial charge is 0.468 e. The number of hydrogen-bond acceptors (Lipinski definition) is 4. The van der Waals surface area contributed by atoms with E-state index in [1.165, 1.54) is 12.7 Å². The highest BCUT2D eigenvalue weighted by atomic mass is 28.3. The minimum Gasteiger partial charge on any atom is -0.468 e. The molecule has 1 aliphatic heterocycles. The second kappa shape index (κ2) is 12.4. The number of carbonyl (C=O) groups excluding carboxylic acids is 2. The van der Waals surface area contributed by atoms with Gasteiger partial charge in [0.15, 0.2) is 0 Å². The fourth-order valence-corrected chi connectivity index (χ4v) is 6.61. The molecular formula is C32H38N2O3Si. The highest BCUT2D eigenvalue weighted by Crippen LogP contribution is 2.37. The molecule has 0 spiro atoms. The monoisotopic (exact) mass is 526 g/mol. The van der Waals surface area contributed by atoms with E-state index in [2.05, 4.69) is 78.8 Å². The van der Waals surface area contributed by atoms with Gasteiger partial charge in [0.2, 0.25) is 5.91 Å². The molecule has 0 aliphatic carbocycles. The summed E-state index contributed by atoms with van der Waals surface area (Å²) in [4.78, 5) is 30.9. The fourth-order valence-electron chi connectivity index (χ4n) is 5.24. The Bertz CT molecular complexity index is 1240. The first kappa shape index (κ1) is 27.5. The van der Waals surface area contributed by atoms with E-state index >= 15 is 0 Å². The fraction of sp³-hybridized carbons (Fsp3) is 0.312. The lowest BCUT2D eigenvalue weighted by Gasteiger charge is -2.37. The van der Waals surface area contributed by atoms with E-state index in [-0.39, 0.29) is 18.5 Å². The number of ether oxygens (including phenoxy) is 1. The molecule has 1 amide bonds. The number of benzene rings is 3. The zero-order valence-corrected chi connectivity index (χ0v) is 23.8. The predicted molar refractivity (Wildman–Crippen MR) is 155 cm³/mol. The molecule has 3 aromatic carbocycles. The molecule has 1 unspecified atom stereocenters. The van der Waals surface area contributed by atoms with Gasteiger partial charge in [0.25, 0.3) is 0 Å². The van der Waals surface area contributed by atoms with Gasteiger partial charge < -0.3 is 9.64 Å². The van der Waals surface area contributed by atoms with Gasteiger partial charge >= 0.3 is 5.97 Å². The smallest absolute Gasteiger partial charge is 0.325 e. The van der Waals surface area contributed by atoms with Crippen LogP contribution in [0, 0.1) is 0 Å². The van der Waals surface area contributed by atoms with Crippen LogP contribution in [0.15, 0.2) is 102 Å². The van der Waals surface area contributed by atoms with Gasteiger partial charge in [-0.25, -0.2) is 0 Å². The summed E-state index contributed by atoms with van der Waals surface area (Å²) in [5.74, 6) is -0.452. The van der Waals surface area contributed by atoms with E-state index < -0.39 is 20.1 Å². The minimum atomic E-state index is -1.70. The van der Waals surface area contributed by atoms with Crippen molar-refractivity contribution in [3.63, 3.8) is 0 Å².